The van der Waals surface area contributed by atoms with Gasteiger partial charge in [0.15, 0.2) is 0 Å². The highest BCUT2D eigenvalue weighted by Crippen LogP contribution is 2.34. The van der Waals surface area contributed by atoms with Crippen LogP contribution >= 0.6 is 24.0 Å². The molecule has 1 aromatic rings. The Morgan fingerprint density at radius 2 is 2.00 bits per heavy atom. The Morgan fingerprint density at radius 1 is 1.29 bits per heavy atom. The lowest BCUT2D eigenvalue weighted by Gasteiger charge is -2.21. The molecule has 0 aromatic heterocycles. The number of carbonyl (C=O) groups is 1. The van der Waals surface area contributed by atoms with Crippen LogP contribution < -0.4 is 4.74 Å². The molecular formula is C19H25NO2S2. The standard InChI is InChI=1S/C19H25NO2S2/c1-4-6-7-14(5-2)13-20-18(21)17(24-19(20)23)12-15-8-10-16(22-3)11-9-15/h8-12,14H,4-7,13H2,1-3H3. The summed E-state index contributed by atoms with van der Waals surface area (Å²) in [6.07, 6.45) is 6.53. The van der Waals surface area contributed by atoms with Crippen LogP contribution in [-0.4, -0.2) is 28.8 Å². The van der Waals surface area contributed by atoms with E-state index in [1.807, 2.05) is 30.3 Å². The van der Waals surface area contributed by atoms with Crippen molar-refractivity contribution in [3.8, 4) is 5.75 Å². The van der Waals surface area contributed by atoms with Crippen molar-refractivity contribution in [2.24, 2.45) is 5.92 Å². The van der Waals surface area contributed by atoms with Crippen LogP contribution in [0.15, 0.2) is 29.2 Å². The molecule has 0 radical (unpaired) electrons. The first-order valence-corrected chi connectivity index (χ1v) is 9.70. The fraction of sp³-hybridized carbons (Fsp3) is 0.474. The van der Waals surface area contributed by atoms with Gasteiger partial charge in [-0.15, -0.1) is 0 Å². The molecule has 1 atom stereocenters. The van der Waals surface area contributed by atoms with Gasteiger partial charge in [-0.2, -0.15) is 0 Å². The van der Waals surface area contributed by atoms with Crippen molar-refractivity contribution in [3.63, 3.8) is 0 Å². The van der Waals surface area contributed by atoms with Crippen LogP contribution in [0.5, 0.6) is 5.75 Å². The maximum atomic E-state index is 12.7. The maximum Gasteiger partial charge on any atom is 0.266 e. The summed E-state index contributed by atoms with van der Waals surface area (Å²) in [7, 11) is 1.64. The first-order chi connectivity index (χ1) is 11.6. The van der Waals surface area contributed by atoms with E-state index in [9.17, 15) is 4.79 Å². The third kappa shape index (κ3) is 4.84. The van der Waals surface area contributed by atoms with Crippen molar-refractivity contribution in [1.82, 2.24) is 4.90 Å². The van der Waals surface area contributed by atoms with Crippen molar-refractivity contribution in [3.05, 3.63) is 34.7 Å². The number of rotatable bonds is 8. The van der Waals surface area contributed by atoms with Crippen LogP contribution in [-0.2, 0) is 4.79 Å². The molecule has 0 saturated carbocycles. The lowest BCUT2D eigenvalue weighted by molar-refractivity contribution is -0.122. The van der Waals surface area contributed by atoms with Gasteiger partial charge >= 0.3 is 0 Å². The number of carbonyl (C=O) groups excluding carboxylic acids is 1. The summed E-state index contributed by atoms with van der Waals surface area (Å²) < 4.78 is 5.84. The Balaban J connectivity index is 2.08. The molecule has 1 amide bonds. The fourth-order valence-corrected chi connectivity index (χ4v) is 3.96. The van der Waals surface area contributed by atoms with E-state index < -0.39 is 0 Å². The number of methoxy groups -OCH3 is 1. The molecule has 0 bridgehead atoms. The molecule has 0 spiro atoms. The number of unbranched alkanes of at least 4 members (excludes halogenated alkanes) is 1. The third-order valence-electron chi connectivity index (χ3n) is 4.27. The molecule has 1 aromatic carbocycles. The van der Waals surface area contributed by atoms with Gasteiger partial charge in [-0.25, -0.2) is 0 Å². The third-order valence-corrected chi connectivity index (χ3v) is 5.65. The van der Waals surface area contributed by atoms with Gasteiger partial charge in [-0.1, -0.05) is 69.2 Å². The SMILES string of the molecule is CCCCC(CC)CN1C(=O)C(=Cc2ccc(OC)cc2)SC1=S. The zero-order valence-electron chi connectivity index (χ0n) is 14.6. The zero-order valence-corrected chi connectivity index (χ0v) is 16.2. The minimum atomic E-state index is 0.0377. The molecule has 130 valence electrons. The van der Waals surface area contributed by atoms with Crippen molar-refractivity contribution in [2.45, 2.75) is 39.5 Å². The second-order valence-corrected chi connectivity index (χ2v) is 7.66. The van der Waals surface area contributed by atoms with Crippen molar-refractivity contribution >= 4 is 40.3 Å². The van der Waals surface area contributed by atoms with Gasteiger partial charge in [0.2, 0.25) is 0 Å². The predicted octanol–water partition coefficient (Wildman–Crippen LogP) is 5.11. The maximum absolute atomic E-state index is 12.7. The minimum absolute atomic E-state index is 0.0377. The van der Waals surface area contributed by atoms with Gasteiger partial charge in [0.05, 0.1) is 12.0 Å². The van der Waals surface area contributed by atoms with Gasteiger partial charge in [-0.3, -0.25) is 9.69 Å². The molecule has 0 N–H and O–H groups in total. The molecule has 1 aliphatic heterocycles. The zero-order chi connectivity index (χ0) is 17.5. The summed E-state index contributed by atoms with van der Waals surface area (Å²) in [5, 5.41) is 0. The second-order valence-electron chi connectivity index (χ2n) is 5.98. The Hall–Kier alpha value is -1.33. The summed E-state index contributed by atoms with van der Waals surface area (Å²) in [5.74, 6) is 1.37. The minimum Gasteiger partial charge on any atom is -0.497 e. The quantitative estimate of drug-likeness (QED) is 0.474. The average Bonchev–Trinajstić information content (AvgIpc) is 2.86. The van der Waals surface area contributed by atoms with E-state index >= 15 is 0 Å². The predicted molar refractivity (Wildman–Crippen MR) is 106 cm³/mol. The molecule has 1 unspecified atom stereocenters. The van der Waals surface area contributed by atoms with E-state index in [1.54, 1.807) is 12.0 Å². The van der Waals surface area contributed by atoms with Crippen LogP contribution in [0, 0.1) is 5.92 Å². The van der Waals surface area contributed by atoms with E-state index in [-0.39, 0.29) is 5.91 Å². The van der Waals surface area contributed by atoms with Gasteiger partial charge in [0.25, 0.3) is 5.91 Å². The fourth-order valence-electron chi connectivity index (χ4n) is 2.68. The summed E-state index contributed by atoms with van der Waals surface area (Å²) in [6, 6.07) is 7.68. The molecule has 3 nitrogen and oxygen atoms in total. The number of thioether (sulfide) groups is 1. The highest BCUT2D eigenvalue weighted by Gasteiger charge is 2.33. The summed E-state index contributed by atoms with van der Waals surface area (Å²) in [4.78, 5) is 15.2. The lowest BCUT2D eigenvalue weighted by atomic mass is 9.99. The number of hydrogen-bond donors (Lipinski definition) is 0. The number of hydrogen-bond acceptors (Lipinski definition) is 4. The molecule has 0 aliphatic carbocycles. The molecule has 2 rings (SSSR count). The molecule has 24 heavy (non-hydrogen) atoms. The van der Waals surface area contributed by atoms with Crippen molar-refractivity contribution < 1.29 is 9.53 Å². The molecule has 5 heteroatoms. The number of amides is 1. The van der Waals surface area contributed by atoms with Gasteiger partial charge in [-0.05, 0) is 36.1 Å². The number of ether oxygens (including phenoxy) is 1. The lowest BCUT2D eigenvalue weighted by Crippen LogP contribution is -2.33. The number of thiocarbonyl (C=S) groups is 1. The van der Waals surface area contributed by atoms with E-state index in [0.29, 0.717) is 15.1 Å². The van der Waals surface area contributed by atoms with E-state index in [1.165, 1.54) is 24.6 Å². The summed E-state index contributed by atoms with van der Waals surface area (Å²) in [5.41, 5.74) is 0.981. The highest BCUT2D eigenvalue weighted by molar-refractivity contribution is 8.26. The first kappa shape index (κ1) is 19.0. The topological polar surface area (TPSA) is 29.5 Å². The van der Waals surface area contributed by atoms with Crippen LogP contribution in [0.25, 0.3) is 6.08 Å². The van der Waals surface area contributed by atoms with Gasteiger partial charge in [0.1, 0.15) is 10.1 Å². The summed E-state index contributed by atoms with van der Waals surface area (Å²) in [6.45, 7) is 5.12. The Labute approximate surface area is 154 Å². The van der Waals surface area contributed by atoms with E-state index in [4.69, 9.17) is 17.0 Å². The monoisotopic (exact) mass is 363 g/mol. The van der Waals surface area contributed by atoms with Crippen molar-refractivity contribution in [2.75, 3.05) is 13.7 Å². The van der Waals surface area contributed by atoms with E-state index in [2.05, 4.69) is 13.8 Å². The van der Waals surface area contributed by atoms with Crippen LogP contribution in [0.2, 0.25) is 0 Å². The molecule has 1 heterocycles. The van der Waals surface area contributed by atoms with Crippen LogP contribution in [0.3, 0.4) is 0 Å². The van der Waals surface area contributed by atoms with E-state index in [0.717, 1.165) is 30.7 Å². The number of nitrogens with zero attached hydrogens (tertiary/aromatic N) is 1. The van der Waals surface area contributed by atoms with Crippen LogP contribution in [0.4, 0.5) is 0 Å². The highest BCUT2D eigenvalue weighted by atomic mass is 32.2. The van der Waals surface area contributed by atoms with Crippen molar-refractivity contribution in [1.29, 1.82) is 0 Å². The molecule has 1 saturated heterocycles. The molecular weight excluding hydrogens is 338 g/mol. The second kappa shape index (κ2) is 9.23. The molecule has 1 fully saturated rings. The van der Waals surface area contributed by atoms with Crippen LogP contribution in [0.1, 0.15) is 45.1 Å². The van der Waals surface area contributed by atoms with Gasteiger partial charge < -0.3 is 4.74 Å². The smallest absolute Gasteiger partial charge is 0.266 e. The summed E-state index contributed by atoms with van der Waals surface area (Å²) >= 11 is 6.84. The Kier molecular flexibility index (Phi) is 7.31. The molecule has 1 aliphatic rings. The average molecular weight is 364 g/mol. The van der Waals surface area contributed by atoms with Gasteiger partial charge in [0, 0.05) is 6.54 Å². The largest absolute Gasteiger partial charge is 0.497 e. The number of benzene rings is 1. The Morgan fingerprint density at radius 3 is 2.58 bits per heavy atom. The Bertz CT molecular complexity index is 610. The first-order valence-electron chi connectivity index (χ1n) is 8.48. The normalized spacial score (nSPS) is 17.6.